The molecule has 0 heterocycles. The van der Waals surface area contributed by atoms with Gasteiger partial charge in [0.05, 0.1) is 5.69 Å². The Morgan fingerprint density at radius 1 is 1.47 bits per heavy atom. The normalized spacial score (nSPS) is 11.2. The number of nitrogens with one attached hydrogen (secondary N) is 1. The topological polar surface area (TPSA) is 38.3 Å². The van der Waals surface area contributed by atoms with Crippen molar-refractivity contribution in [1.29, 1.82) is 0 Å². The number of benzene rings is 1. The molecule has 0 unspecified atom stereocenters. The van der Waals surface area contributed by atoms with Gasteiger partial charge in [-0.1, -0.05) is 0 Å². The van der Waals surface area contributed by atoms with Crippen LogP contribution < -0.4 is 5.32 Å². The van der Waals surface area contributed by atoms with Crippen LogP contribution in [0.5, 0.6) is 0 Å². The number of halogens is 3. The molecule has 1 rings (SSSR count). The molecule has 0 aromatic heterocycles. The Morgan fingerprint density at radius 3 is 2.53 bits per heavy atom. The van der Waals surface area contributed by atoms with E-state index in [1.54, 1.807) is 20.8 Å². The van der Waals surface area contributed by atoms with Crippen LogP contribution in [0.25, 0.3) is 0 Å². The minimum Gasteiger partial charge on any atom is -0.444 e. The van der Waals surface area contributed by atoms with Gasteiger partial charge in [-0.3, -0.25) is 5.32 Å². The summed E-state index contributed by atoms with van der Waals surface area (Å²) in [6.45, 7) is 5.33. The zero-order valence-corrected chi connectivity index (χ0v) is 13.3. The fourth-order valence-electron chi connectivity index (χ4n) is 1.07. The van der Waals surface area contributed by atoms with Gasteiger partial charge in [-0.25, -0.2) is 9.18 Å². The predicted molar refractivity (Wildman–Crippen MR) is 76.7 cm³/mol. The van der Waals surface area contributed by atoms with Crippen LogP contribution in [-0.4, -0.2) is 11.7 Å². The second-order valence-corrected chi connectivity index (χ2v) is 6.39. The lowest BCUT2D eigenvalue weighted by Crippen LogP contribution is -2.27. The van der Waals surface area contributed by atoms with Gasteiger partial charge in [-0.2, -0.15) is 0 Å². The largest absolute Gasteiger partial charge is 0.444 e. The Morgan fingerprint density at radius 2 is 2.06 bits per heavy atom. The Bertz CT molecular complexity index is 423. The quantitative estimate of drug-likeness (QED) is 0.684. The molecule has 0 saturated carbocycles. The molecule has 1 aromatic carbocycles. The monoisotopic (exact) mass is 415 g/mol. The first kappa shape index (κ1) is 14.7. The van der Waals surface area contributed by atoms with Gasteiger partial charge >= 0.3 is 6.09 Å². The summed E-state index contributed by atoms with van der Waals surface area (Å²) in [5.41, 5.74) is -0.0663. The van der Waals surface area contributed by atoms with Crippen LogP contribution in [0, 0.1) is 9.39 Å². The van der Waals surface area contributed by atoms with Crippen LogP contribution in [0.2, 0.25) is 0 Å². The van der Waals surface area contributed by atoms with E-state index in [0.717, 1.165) is 0 Å². The van der Waals surface area contributed by atoms with Crippen molar-refractivity contribution >= 4 is 50.3 Å². The van der Waals surface area contributed by atoms with Crippen LogP contribution in [-0.2, 0) is 4.74 Å². The first-order valence-corrected chi connectivity index (χ1v) is 6.71. The van der Waals surface area contributed by atoms with Crippen molar-refractivity contribution in [1.82, 2.24) is 0 Å². The fourth-order valence-corrected chi connectivity index (χ4v) is 2.69. The number of carbonyl (C=O) groups is 1. The minimum absolute atomic E-state index is 0.365. The summed E-state index contributed by atoms with van der Waals surface area (Å²) in [7, 11) is 0. The third-order valence-corrected chi connectivity index (χ3v) is 3.11. The van der Waals surface area contributed by atoms with Gasteiger partial charge in [-0.15, -0.1) is 0 Å². The van der Waals surface area contributed by atoms with Gasteiger partial charge in [-0.05, 0) is 71.4 Å². The molecule has 0 bridgehead atoms. The first-order valence-electron chi connectivity index (χ1n) is 4.83. The Kier molecular flexibility index (Phi) is 4.77. The molecule has 1 N–H and O–H groups in total. The van der Waals surface area contributed by atoms with Crippen molar-refractivity contribution in [2.75, 3.05) is 5.32 Å². The maximum atomic E-state index is 13.0. The molecule has 0 aliphatic heterocycles. The maximum absolute atomic E-state index is 13.0. The van der Waals surface area contributed by atoms with Crippen LogP contribution in [0.1, 0.15) is 20.8 Å². The summed E-state index contributed by atoms with van der Waals surface area (Å²) < 4.78 is 19.2. The number of hydrogen-bond acceptors (Lipinski definition) is 2. The summed E-state index contributed by atoms with van der Waals surface area (Å²) in [5.74, 6) is -0.365. The molecule has 1 aromatic rings. The standard InChI is InChI=1S/C11H12BrFINO2/c1-11(2,3)17-10(16)15-9-7(12)4-6(13)5-8(9)14/h4-5H,1-3H3,(H,15,16). The highest BCUT2D eigenvalue weighted by Gasteiger charge is 2.18. The highest BCUT2D eigenvalue weighted by molar-refractivity contribution is 14.1. The van der Waals surface area contributed by atoms with E-state index >= 15 is 0 Å². The number of amides is 1. The maximum Gasteiger partial charge on any atom is 0.412 e. The second-order valence-electron chi connectivity index (χ2n) is 4.37. The Hall–Kier alpha value is -0.370. The number of anilines is 1. The third-order valence-electron chi connectivity index (χ3n) is 1.63. The average Bonchev–Trinajstić information content (AvgIpc) is 2.08. The highest BCUT2D eigenvalue weighted by Crippen LogP contribution is 2.29. The molecule has 6 heteroatoms. The zero-order chi connectivity index (χ0) is 13.2. The van der Waals surface area contributed by atoms with Gasteiger partial charge in [0, 0.05) is 8.04 Å². The number of rotatable bonds is 1. The predicted octanol–water partition coefficient (Wildman–Crippen LogP) is 4.54. The van der Waals surface area contributed by atoms with Crippen molar-refractivity contribution in [3.63, 3.8) is 0 Å². The Balaban J connectivity index is 2.86. The molecule has 17 heavy (non-hydrogen) atoms. The summed E-state index contributed by atoms with van der Waals surface area (Å²) >= 11 is 5.13. The number of carbonyl (C=O) groups excluding carboxylic acids is 1. The lowest BCUT2D eigenvalue weighted by molar-refractivity contribution is 0.0635. The molecule has 0 fully saturated rings. The van der Waals surface area contributed by atoms with Gasteiger partial charge in [0.25, 0.3) is 0 Å². The van der Waals surface area contributed by atoms with E-state index in [1.165, 1.54) is 12.1 Å². The summed E-state index contributed by atoms with van der Waals surface area (Å²) in [6, 6.07) is 2.62. The summed E-state index contributed by atoms with van der Waals surface area (Å²) in [4.78, 5) is 11.6. The van der Waals surface area contributed by atoms with Crippen molar-refractivity contribution in [2.45, 2.75) is 26.4 Å². The van der Waals surface area contributed by atoms with E-state index in [1.807, 2.05) is 22.6 Å². The van der Waals surface area contributed by atoms with Gasteiger partial charge in [0.15, 0.2) is 0 Å². The molecule has 0 atom stereocenters. The highest BCUT2D eigenvalue weighted by atomic mass is 127. The van der Waals surface area contributed by atoms with Crippen molar-refractivity contribution in [2.24, 2.45) is 0 Å². The van der Waals surface area contributed by atoms with E-state index in [9.17, 15) is 9.18 Å². The number of ether oxygens (including phenoxy) is 1. The van der Waals surface area contributed by atoms with Gasteiger partial charge in [0.2, 0.25) is 0 Å². The van der Waals surface area contributed by atoms with Crippen molar-refractivity contribution in [3.05, 3.63) is 26.0 Å². The lowest BCUT2D eigenvalue weighted by atomic mass is 10.2. The van der Waals surface area contributed by atoms with Crippen LogP contribution in [0.4, 0.5) is 14.9 Å². The molecular formula is C11H12BrFINO2. The molecular weight excluding hydrogens is 404 g/mol. The molecule has 0 aliphatic carbocycles. The van der Waals surface area contributed by atoms with E-state index in [2.05, 4.69) is 21.2 Å². The lowest BCUT2D eigenvalue weighted by Gasteiger charge is -2.20. The molecule has 0 spiro atoms. The van der Waals surface area contributed by atoms with E-state index in [4.69, 9.17) is 4.74 Å². The van der Waals surface area contributed by atoms with E-state index in [0.29, 0.717) is 13.7 Å². The third kappa shape index (κ3) is 4.79. The van der Waals surface area contributed by atoms with Gasteiger partial charge in [0.1, 0.15) is 11.4 Å². The molecule has 94 valence electrons. The SMILES string of the molecule is CC(C)(C)OC(=O)Nc1c(Br)cc(F)cc1I. The van der Waals surface area contributed by atoms with Gasteiger partial charge < -0.3 is 4.74 Å². The second kappa shape index (κ2) is 5.51. The molecule has 0 saturated heterocycles. The summed E-state index contributed by atoms with van der Waals surface area (Å²) in [6.07, 6.45) is -0.567. The smallest absolute Gasteiger partial charge is 0.412 e. The minimum atomic E-state index is -0.567. The number of hydrogen-bond donors (Lipinski definition) is 1. The molecule has 1 amide bonds. The van der Waals surface area contributed by atoms with Crippen LogP contribution in [0.3, 0.4) is 0 Å². The van der Waals surface area contributed by atoms with Crippen LogP contribution >= 0.6 is 38.5 Å². The Labute approximate surface area is 121 Å². The summed E-state index contributed by atoms with van der Waals surface area (Å²) in [5, 5.41) is 2.58. The zero-order valence-electron chi connectivity index (χ0n) is 9.61. The molecule has 0 aliphatic rings. The molecule has 3 nitrogen and oxygen atoms in total. The molecule has 0 radical (unpaired) electrons. The van der Waals surface area contributed by atoms with Crippen LogP contribution in [0.15, 0.2) is 16.6 Å². The van der Waals surface area contributed by atoms with Crippen molar-refractivity contribution < 1.29 is 13.9 Å². The average molecular weight is 416 g/mol. The van der Waals surface area contributed by atoms with E-state index in [-0.39, 0.29) is 5.82 Å². The van der Waals surface area contributed by atoms with E-state index < -0.39 is 11.7 Å². The first-order chi connectivity index (χ1) is 7.69. The van der Waals surface area contributed by atoms with Crippen molar-refractivity contribution in [3.8, 4) is 0 Å². The fraction of sp³-hybridized carbons (Fsp3) is 0.364.